The average Bonchev–Trinajstić information content (AvgIpc) is 2.93. The van der Waals surface area contributed by atoms with Crippen molar-refractivity contribution < 1.29 is 14.3 Å². The Morgan fingerprint density at radius 3 is 2.45 bits per heavy atom. The fourth-order valence-electron chi connectivity index (χ4n) is 2.70. The Kier molecular flexibility index (Phi) is 3.75. The molecule has 0 aromatic heterocycles. The van der Waals surface area contributed by atoms with Crippen molar-refractivity contribution in [1.29, 1.82) is 0 Å². The molecular weight excluding hydrogens is 278 g/mol. The quantitative estimate of drug-likeness (QED) is 0.872. The van der Waals surface area contributed by atoms with Gasteiger partial charge >= 0.3 is 0 Å². The van der Waals surface area contributed by atoms with E-state index in [1.54, 1.807) is 4.90 Å². The molecule has 0 saturated carbocycles. The van der Waals surface area contributed by atoms with Gasteiger partial charge in [-0.05, 0) is 43.7 Å². The van der Waals surface area contributed by atoms with Crippen LogP contribution in [0.25, 0.3) is 0 Å². The Balaban J connectivity index is 1.76. The molecule has 0 unspecified atom stereocenters. The van der Waals surface area contributed by atoms with Crippen LogP contribution in [0.1, 0.15) is 27.0 Å². The van der Waals surface area contributed by atoms with Crippen LogP contribution in [0.2, 0.25) is 0 Å². The van der Waals surface area contributed by atoms with Crippen molar-refractivity contribution in [3.05, 3.63) is 58.7 Å². The number of ether oxygens (including phenoxy) is 2. The zero-order valence-corrected chi connectivity index (χ0v) is 13.1. The number of carbonyl (C=O) groups excluding carboxylic acids is 1. The molecule has 2 aromatic rings. The van der Waals surface area contributed by atoms with E-state index in [4.69, 9.17) is 9.47 Å². The first-order valence-electron chi connectivity index (χ1n) is 7.25. The summed E-state index contributed by atoms with van der Waals surface area (Å²) in [6.07, 6.45) is 0. The van der Waals surface area contributed by atoms with Crippen LogP contribution >= 0.6 is 0 Å². The molecule has 0 bridgehead atoms. The Hall–Kier alpha value is -2.49. The van der Waals surface area contributed by atoms with Gasteiger partial charge < -0.3 is 14.4 Å². The predicted molar refractivity (Wildman–Crippen MR) is 84.3 cm³/mol. The molecule has 4 nitrogen and oxygen atoms in total. The number of rotatable bonds is 3. The van der Waals surface area contributed by atoms with Gasteiger partial charge in [0.2, 0.25) is 6.79 Å². The minimum Gasteiger partial charge on any atom is -0.454 e. The van der Waals surface area contributed by atoms with Gasteiger partial charge in [-0.3, -0.25) is 4.79 Å². The summed E-state index contributed by atoms with van der Waals surface area (Å²) in [5, 5.41) is 0. The molecular formula is C18H19NO3. The number of fused-ring (bicyclic) bond motifs is 1. The number of carbonyl (C=O) groups is 1. The smallest absolute Gasteiger partial charge is 0.253 e. The fraction of sp³-hybridized carbons (Fsp3) is 0.278. The lowest BCUT2D eigenvalue weighted by atomic mass is 10.1. The summed E-state index contributed by atoms with van der Waals surface area (Å²) in [5.74, 6) is 1.52. The first-order valence-corrected chi connectivity index (χ1v) is 7.25. The molecule has 0 aliphatic carbocycles. The lowest BCUT2D eigenvalue weighted by Crippen LogP contribution is -2.26. The highest BCUT2D eigenvalue weighted by Gasteiger charge is 2.16. The van der Waals surface area contributed by atoms with Gasteiger partial charge in [-0.1, -0.05) is 23.3 Å². The zero-order valence-electron chi connectivity index (χ0n) is 13.1. The largest absolute Gasteiger partial charge is 0.454 e. The molecule has 114 valence electrons. The monoisotopic (exact) mass is 297 g/mol. The number of nitrogens with zero attached hydrogens (tertiary/aromatic N) is 1. The van der Waals surface area contributed by atoms with Crippen molar-refractivity contribution >= 4 is 5.91 Å². The molecule has 0 spiro atoms. The topological polar surface area (TPSA) is 38.8 Å². The lowest BCUT2D eigenvalue weighted by molar-refractivity contribution is 0.0784. The van der Waals surface area contributed by atoms with Gasteiger partial charge in [-0.15, -0.1) is 0 Å². The van der Waals surface area contributed by atoms with E-state index in [2.05, 4.69) is 6.07 Å². The maximum Gasteiger partial charge on any atom is 0.253 e. The van der Waals surface area contributed by atoms with Crippen LogP contribution in [0.3, 0.4) is 0 Å². The van der Waals surface area contributed by atoms with Gasteiger partial charge in [-0.2, -0.15) is 0 Å². The molecule has 0 fully saturated rings. The lowest BCUT2D eigenvalue weighted by Gasteiger charge is -2.18. The van der Waals surface area contributed by atoms with E-state index in [0.29, 0.717) is 6.54 Å². The second-order valence-electron chi connectivity index (χ2n) is 5.73. The molecule has 2 aromatic carbocycles. The molecule has 4 heteroatoms. The summed E-state index contributed by atoms with van der Waals surface area (Å²) < 4.78 is 10.7. The molecule has 1 aliphatic rings. The van der Waals surface area contributed by atoms with E-state index in [1.165, 1.54) is 0 Å². The highest BCUT2D eigenvalue weighted by Crippen LogP contribution is 2.32. The Labute approximate surface area is 130 Å². The highest BCUT2D eigenvalue weighted by molar-refractivity contribution is 5.94. The molecule has 3 rings (SSSR count). The van der Waals surface area contributed by atoms with Gasteiger partial charge in [0.15, 0.2) is 11.5 Å². The minimum atomic E-state index is 0.0180. The molecule has 0 N–H and O–H groups in total. The van der Waals surface area contributed by atoms with E-state index in [1.807, 2.05) is 51.2 Å². The van der Waals surface area contributed by atoms with Crippen molar-refractivity contribution in [3.63, 3.8) is 0 Å². The SMILES string of the molecule is Cc1cc(C)cc(C(=O)N(C)Cc2ccc3c(c2)OCO3)c1. The second-order valence-corrected chi connectivity index (χ2v) is 5.73. The van der Waals surface area contributed by atoms with Crippen molar-refractivity contribution in [2.75, 3.05) is 13.8 Å². The average molecular weight is 297 g/mol. The Morgan fingerprint density at radius 2 is 1.73 bits per heavy atom. The van der Waals surface area contributed by atoms with E-state index in [9.17, 15) is 4.79 Å². The van der Waals surface area contributed by atoms with Crippen molar-refractivity contribution in [2.24, 2.45) is 0 Å². The minimum absolute atomic E-state index is 0.0180. The number of benzene rings is 2. The van der Waals surface area contributed by atoms with Crippen molar-refractivity contribution in [3.8, 4) is 11.5 Å². The standard InChI is InChI=1S/C18H19NO3/c1-12-6-13(2)8-15(7-12)18(20)19(3)10-14-4-5-16-17(9-14)22-11-21-16/h4-9H,10-11H2,1-3H3. The van der Waals surface area contributed by atoms with E-state index >= 15 is 0 Å². The highest BCUT2D eigenvalue weighted by atomic mass is 16.7. The summed E-state index contributed by atoms with van der Waals surface area (Å²) >= 11 is 0. The first kappa shape index (κ1) is 14.4. The number of aryl methyl sites for hydroxylation is 2. The van der Waals surface area contributed by atoms with Crippen LogP contribution in [0, 0.1) is 13.8 Å². The third kappa shape index (κ3) is 2.91. The fourth-order valence-corrected chi connectivity index (χ4v) is 2.70. The van der Waals surface area contributed by atoms with Gasteiger partial charge in [0.05, 0.1) is 0 Å². The summed E-state index contributed by atoms with van der Waals surface area (Å²) in [7, 11) is 1.81. The summed E-state index contributed by atoms with van der Waals surface area (Å²) in [5.41, 5.74) is 3.94. The van der Waals surface area contributed by atoms with Crippen LogP contribution in [0.5, 0.6) is 11.5 Å². The summed E-state index contributed by atoms with van der Waals surface area (Å²) in [6.45, 7) is 4.79. The molecule has 0 radical (unpaired) electrons. The molecule has 22 heavy (non-hydrogen) atoms. The molecule has 1 aliphatic heterocycles. The normalized spacial score (nSPS) is 12.3. The van der Waals surface area contributed by atoms with Gasteiger partial charge in [0, 0.05) is 19.2 Å². The predicted octanol–water partition coefficient (Wildman–Crippen LogP) is 3.30. The number of hydrogen-bond acceptors (Lipinski definition) is 3. The van der Waals surface area contributed by atoms with Gasteiger partial charge in [0.25, 0.3) is 5.91 Å². The third-order valence-corrected chi connectivity index (χ3v) is 3.67. The van der Waals surface area contributed by atoms with Crippen LogP contribution < -0.4 is 9.47 Å². The van der Waals surface area contributed by atoms with E-state index < -0.39 is 0 Å². The van der Waals surface area contributed by atoms with E-state index in [0.717, 1.165) is 33.8 Å². The van der Waals surface area contributed by atoms with Gasteiger partial charge in [0.1, 0.15) is 0 Å². The molecule has 0 atom stereocenters. The third-order valence-electron chi connectivity index (χ3n) is 3.67. The number of amides is 1. The van der Waals surface area contributed by atoms with Crippen LogP contribution in [0.15, 0.2) is 36.4 Å². The van der Waals surface area contributed by atoms with Crippen molar-refractivity contribution in [1.82, 2.24) is 4.90 Å². The molecule has 1 amide bonds. The van der Waals surface area contributed by atoms with Crippen LogP contribution in [-0.2, 0) is 6.54 Å². The summed E-state index contributed by atoms with van der Waals surface area (Å²) in [6, 6.07) is 11.7. The maximum atomic E-state index is 12.6. The molecule has 0 saturated heterocycles. The molecule has 1 heterocycles. The number of hydrogen-bond donors (Lipinski definition) is 0. The van der Waals surface area contributed by atoms with Crippen molar-refractivity contribution in [2.45, 2.75) is 20.4 Å². The van der Waals surface area contributed by atoms with E-state index in [-0.39, 0.29) is 12.7 Å². The zero-order chi connectivity index (χ0) is 15.7. The van der Waals surface area contributed by atoms with Crippen LogP contribution in [0.4, 0.5) is 0 Å². The Morgan fingerprint density at radius 1 is 1.05 bits per heavy atom. The second kappa shape index (κ2) is 5.72. The maximum absolute atomic E-state index is 12.6. The van der Waals surface area contributed by atoms with Gasteiger partial charge in [-0.25, -0.2) is 0 Å². The first-order chi connectivity index (χ1) is 10.5. The Bertz CT molecular complexity index is 704. The van der Waals surface area contributed by atoms with Crippen LogP contribution in [-0.4, -0.2) is 24.6 Å². The summed E-state index contributed by atoms with van der Waals surface area (Å²) in [4.78, 5) is 14.3.